The molecule has 1 atom stereocenters. The Morgan fingerprint density at radius 1 is 1.20 bits per heavy atom. The van der Waals surface area contributed by atoms with Crippen molar-refractivity contribution in [1.82, 2.24) is 5.32 Å². The number of unbranched alkanes of at least 4 members (excludes halogenated alkanes) is 2. The van der Waals surface area contributed by atoms with Gasteiger partial charge in [-0.25, -0.2) is 0 Å². The van der Waals surface area contributed by atoms with Crippen LogP contribution in [0.3, 0.4) is 0 Å². The molecule has 0 heterocycles. The van der Waals surface area contributed by atoms with Crippen molar-refractivity contribution in [2.45, 2.75) is 52.0 Å². The van der Waals surface area contributed by atoms with Gasteiger partial charge in [0.05, 0.1) is 18.8 Å². The second-order valence-corrected chi connectivity index (χ2v) is 4.41. The predicted octanol–water partition coefficient (Wildman–Crippen LogP) is 1.94. The largest absolute Gasteiger partial charge is 0.394 e. The second-order valence-electron chi connectivity index (χ2n) is 4.41. The van der Waals surface area contributed by atoms with E-state index in [1.54, 1.807) is 0 Å². The molecule has 0 aliphatic heterocycles. The molecule has 0 spiro atoms. The Hall–Kier alpha value is -0.120. The van der Waals surface area contributed by atoms with Crippen molar-refractivity contribution in [3.05, 3.63) is 0 Å². The van der Waals surface area contributed by atoms with Crippen molar-refractivity contribution in [3.8, 4) is 0 Å². The van der Waals surface area contributed by atoms with E-state index in [9.17, 15) is 5.11 Å². The zero-order valence-corrected chi connectivity index (χ0v) is 10.5. The minimum Gasteiger partial charge on any atom is -0.394 e. The third kappa shape index (κ3) is 7.77. The van der Waals surface area contributed by atoms with Gasteiger partial charge in [-0.1, -0.05) is 26.7 Å². The first-order chi connectivity index (χ1) is 7.18. The molecule has 0 rings (SSSR count). The van der Waals surface area contributed by atoms with Crippen molar-refractivity contribution in [1.29, 1.82) is 0 Å². The smallest absolute Gasteiger partial charge is 0.0668 e. The van der Waals surface area contributed by atoms with E-state index in [1.165, 1.54) is 12.8 Å². The van der Waals surface area contributed by atoms with Gasteiger partial charge in [0, 0.05) is 6.61 Å². The summed E-state index contributed by atoms with van der Waals surface area (Å²) in [6.45, 7) is 8.75. The van der Waals surface area contributed by atoms with E-state index in [0.29, 0.717) is 6.61 Å². The Kier molecular flexibility index (Phi) is 9.06. The van der Waals surface area contributed by atoms with Crippen LogP contribution in [-0.2, 0) is 4.74 Å². The van der Waals surface area contributed by atoms with Crippen LogP contribution in [0.5, 0.6) is 0 Å². The topological polar surface area (TPSA) is 41.5 Å². The minimum atomic E-state index is -0.276. The van der Waals surface area contributed by atoms with Gasteiger partial charge in [-0.15, -0.1) is 0 Å². The van der Waals surface area contributed by atoms with Gasteiger partial charge in [0.2, 0.25) is 0 Å². The number of ether oxygens (including phenoxy) is 1. The molecule has 0 aromatic rings. The fraction of sp³-hybridized carbons (Fsp3) is 1.00. The molecule has 0 aliphatic carbocycles. The molecule has 2 N–H and O–H groups in total. The van der Waals surface area contributed by atoms with Gasteiger partial charge < -0.3 is 15.2 Å². The maximum absolute atomic E-state index is 9.27. The molecule has 0 saturated carbocycles. The van der Waals surface area contributed by atoms with Crippen LogP contribution >= 0.6 is 0 Å². The number of nitrogens with one attached hydrogen (secondary N) is 1. The fourth-order valence-electron chi connectivity index (χ4n) is 1.33. The first-order valence-corrected chi connectivity index (χ1v) is 6.12. The van der Waals surface area contributed by atoms with Crippen molar-refractivity contribution in [3.63, 3.8) is 0 Å². The van der Waals surface area contributed by atoms with Crippen LogP contribution in [0.4, 0.5) is 0 Å². The lowest BCUT2D eigenvalue weighted by Crippen LogP contribution is -2.50. The Balaban J connectivity index is 3.58. The lowest BCUT2D eigenvalue weighted by molar-refractivity contribution is 0.0430. The fourth-order valence-corrected chi connectivity index (χ4v) is 1.33. The monoisotopic (exact) mass is 217 g/mol. The molecule has 0 radical (unpaired) electrons. The molecule has 3 heteroatoms. The molecule has 3 nitrogen and oxygen atoms in total. The van der Waals surface area contributed by atoms with Crippen LogP contribution in [0.2, 0.25) is 0 Å². The molecule has 0 amide bonds. The lowest BCUT2D eigenvalue weighted by Gasteiger charge is -2.28. The minimum absolute atomic E-state index is 0.126. The standard InChI is InChI=1S/C12H27NO2/c1-4-6-7-9-15-11-12(3,10-14)13-8-5-2/h13-14H,4-11H2,1-3H3. The maximum Gasteiger partial charge on any atom is 0.0668 e. The summed E-state index contributed by atoms with van der Waals surface area (Å²) in [5, 5.41) is 12.6. The molecule has 0 bridgehead atoms. The molecule has 1 unspecified atom stereocenters. The van der Waals surface area contributed by atoms with Crippen LogP contribution in [0.15, 0.2) is 0 Å². The van der Waals surface area contributed by atoms with Crippen LogP contribution in [0, 0.1) is 0 Å². The third-order valence-electron chi connectivity index (χ3n) is 2.46. The molecular formula is C12H27NO2. The Morgan fingerprint density at radius 2 is 1.93 bits per heavy atom. The van der Waals surface area contributed by atoms with Gasteiger partial charge in [-0.05, 0) is 26.3 Å². The zero-order chi connectivity index (χ0) is 11.6. The molecule has 0 fully saturated rings. The van der Waals surface area contributed by atoms with Crippen molar-refractivity contribution in [2.24, 2.45) is 0 Å². The first-order valence-electron chi connectivity index (χ1n) is 6.12. The summed E-state index contributed by atoms with van der Waals surface area (Å²) in [7, 11) is 0. The summed E-state index contributed by atoms with van der Waals surface area (Å²) in [6.07, 6.45) is 4.63. The van der Waals surface area contributed by atoms with Crippen molar-refractivity contribution >= 4 is 0 Å². The van der Waals surface area contributed by atoms with Crippen LogP contribution in [0.1, 0.15) is 46.5 Å². The highest BCUT2D eigenvalue weighted by atomic mass is 16.5. The van der Waals surface area contributed by atoms with Gasteiger partial charge in [0.25, 0.3) is 0 Å². The van der Waals surface area contributed by atoms with Crippen LogP contribution in [0.25, 0.3) is 0 Å². The Morgan fingerprint density at radius 3 is 2.47 bits per heavy atom. The number of aliphatic hydroxyl groups is 1. The third-order valence-corrected chi connectivity index (χ3v) is 2.46. The number of hydrogen-bond acceptors (Lipinski definition) is 3. The quantitative estimate of drug-likeness (QED) is 0.550. The number of rotatable bonds is 10. The van der Waals surface area contributed by atoms with Gasteiger partial charge >= 0.3 is 0 Å². The van der Waals surface area contributed by atoms with Crippen molar-refractivity contribution < 1.29 is 9.84 Å². The summed E-state index contributed by atoms with van der Waals surface area (Å²) in [5.74, 6) is 0. The van der Waals surface area contributed by atoms with Gasteiger partial charge in [-0.3, -0.25) is 0 Å². The van der Waals surface area contributed by atoms with Gasteiger partial charge in [0.1, 0.15) is 0 Å². The maximum atomic E-state index is 9.27. The second kappa shape index (κ2) is 9.13. The molecule has 0 aromatic heterocycles. The van der Waals surface area contributed by atoms with Crippen molar-refractivity contribution in [2.75, 3.05) is 26.4 Å². The molecule has 15 heavy (non-hydrogen) atoms. The number of aliphatic hydroxyl groups excluding tert-OH is 1. The predicted molar refractivity (Wildman–Crippen MR) is 64.1 cm³/mol. The van der Waals surface area contributed by atoms with E-state index in [1.807, 2.05) is 6.92 Å². The molecule has 0 aliphatic rings. The highest BCUT2D eigenvalue weighted by Gasteiger charge is 2.22. The van der Waals surface area contributed by atoms with Crippen LogP contribution in [-0.4, -0.2) is 37.0 Å². The van der Waals surface area contributed by atoms with Gasteiger partial charge in [-0.2, -0.15) is 0 Å². The molecule has 0 aromatic carbocycles. The molecule has 0 saturated heterocycles. The van der Waals surface area contributed by atoms with E-state index in [0.717, 1.165) is 26.0 Å². The Labute approximate surface area is 94.2 Å². The summed E-state index contributed by atoms with van der Waals surface area (Å²) in [5.41, 5.74) is -0.276. The SMILES string of the molecule is CCCCCOCC(C)(CO)NCCC. The summed E-state index contributed by atoms with van der Waals surface area (Å²) in [6, 6.07) is 0. The highest BCUT2D eigenvalue weighted by molar-refractivity contribution is 4.81. The Bertz CT molecular complexity index is 142. The lowest BCUT2D eigenvalue weighted by atomic mass is 10.1. The van der Waals surface area contributed by atoms with E-state index >= 15 is 0 Å². The average Bonchev–Trinajstić information content (AvgIpc) is 2.26. The summed E-state index contributed by atoms with van der Waals surface area (Å²) in [4.78, 5) is 0. The van der Waals surface area contributed by atoms with Gasteiger partial charge in [0.15, 0.2) is 0 Å². The average molecular weight is 217 g/mol. The number of hydrogen-bond donors (Lipinski definition) is 2. The highest BCUT2D eigenvalue weighted by Crippen LogP contribution is 2.04. The van der Waals surface area contributed by atoms with E-state index in [4.69, 9.17) is 4.74 Å². The zero-order valence-electron chi connectivity index (χ0n) is 10.5. The summed E-state index contributed by atoms with van der Waals surface area (Å²) < 4.78 is 5.57. The van der Waals surface area contributed by atoms with E-state index < -0.39 is 0 Å². The van der Waals surface area contributed by atoms with E-state index in [2.05, 4.69) is 19.2 Å². The molecular weight excluding hydrogens is 190 g/mol. The normalized spacial score (nSPS) is 15.2. The molecule has 92 valence electrons. The van der Waals surface area contributed by atoms with Crippen LogP contribution < -0.4 is 5.32 Å². The first kappa shape index (κ1) is 14.9. The van der Waals surface area contributed by atoms with E-state index in [-0.39, 0.29) is 12.1 Å². The summed E-state index contributed by atoms with van der Waals surface area (Å²) >= 11 is 0.